The molecule has 1 spiro atoms. The Morgan fingerprint density at radius 2 is 2.11 bits per heavy atom. The fourth-order valence-electron chi connectivity index (χ4n) is 3.55. The highest BCUT2D eigenvalue weighted by Crippen LogP contribution is 2.34. The maximum atomic E-state index is 12.5. The Hall–Kier alpha value is -2.68. The minimum absolute atomic E-state index is 0.323. The van der Waals surface area contributed by atoms with E-state index >= 15 is 0 Å². The molecule has 150 valence electrons. The highest BCUT2D eigenvalue weighted by molar-refractivity contribution is 7.09. The first-order valence-corrected chi connectivity index (χ1v) is 10.0. The second kappa shape index (κ2) is 8.55. The zero-order valence-electron chi connectivity index (χ0n) is 15.5. The van der Waals surface area contributed by atoms with Gasteiger partial charge in [0.2, 0.25) is 0 Å². The first-order valence-electron chi connectivity index (χ1n) is 9.16. The molecule has 1 saturated heterocycles. The number of imide groups is 1. The lowest BCUT2D eigenvalue weighted by molar-refractivity contribution is -0.153. The molecule has 0 aromatic carbocycles. The van der Waals surface area contributed by atoms with Gasteiger partial charge in [-0.15, -0.1) is 17.9 Å². The summed E-state index contributed by atoms with van der Waals surface area (Å²) in [6.45, 7) is 3.42. The van der Waals surface area contributed by atoms with E-state index in [0.29, 0.717) is 25.9 Å². The van der Waals surface area contributed by atoms with Crippen LogP contribution in [0.5, 0.6) is 0 Å². The number of urea groups is 1. The van der Waals surface area contributed by atoms with Gasteiger partial charge in [-0.3, -0.25) is 19.3 Å². The summed E-state index contributed by atoms with van der Waals surface area (Å²) < 4.78 is 5.03. The molecule has 1 aliphatic carbocycles. The number of carbonyl (C=O) groups is 4. The number of rotatable bonds is 8. The summed E-state index contributed by atoms with van der Waals surface area (Å²) in [5.41, 5.74) is -0.866. The zero-order chi connectivity index (χ0) is 20.1. The maximum Gasteiger partial charge on any atom is 0.326 e. The molecule has 1 aromatic rings. The average Bonchev–Trinajstić information content (AvgIpc) is 3.39. The van der Waals surface area contributed by atoms with Crippen LogP contribution in [0.3, 0.4) is 0 Å². The fourth-order valence-corrected chi connectivity index (χ4v) is 4.27. The van der Waals surface area contributed by atoms with Crippen molar-refractivity contribution in [2.75, 3.05) is 19.7 Å². The third-order valence-electron chi connectivity index (χ3n) is 4.98. The Bertz CT molecular complexity index is 771. The molecule has 2 fully saturated rings. The van der Waals surface area contributed by atoms with Gasteiger partial charge < -0.3 is 15.0 Å². The molecule has 0 bridgehead atoms. The second-order valence-corrected chi connectivity index (χ2v) is 7.95. The third kappa shape index (κ3) is 4.24. The lowest BCUT2D eigenvalue weighted by atomic mass is 9.98. The number of carbonyl (C=O) groups excluding carboxylic acids is 4. The van der Waals surface area contributed by atoms with Crippen molar-refractivity contribution in [3.8, 4) is 0 Å². The van der Waals surface area contributed by atoms with Crippen LogP contribution in [0.1, 0.15) is 30.6 Å². The third-order valence-corrected chi connectivity index (χ3v) is 5.84. The number of thiophene rings is 1. The zero-order valence-corrected chi connectivity index (χ0v) is 16.3. The van der Waals surface area contributed by atoms with Crippen molar-refractivity contribution in [3.05, 3.63) is 35.0 Å². The van der Waals surface area contributed by atoms with Gasteiger partial charge in [-0.2, -0.15) is 0 Å². The summed E-state index contributed by atoms with van der Waals surface area (Å²) in [6, 6.07) is 3.23. The summed E-state index contributed by atoms with van der Waals surface area (Å²) >= 11 is 1.53. The predicted octanol–water partition coefficient (Wildman–Crippen LogP) is 1.67. The summed E-state index contributed by atoms with van der Waals surface area (Å²) in [7, 11) is 0. The molecular weight excluding hydrogens is 382 g/mol. The van der Waals surface area contributed by atoms with E-state index in [0.717, 1.165) is 22.6 Å². The number of ether oxygens (including phenoxy) is 1. The Balaban J connectivity index is 1.51. The van der Waals surface area contributed by atoms with E-state index in [4.69, 9.17) is 4.74 Å². The van der Waals surface area contributed by atoms with Gasteiger partial charge in [0, 0.05) is 11.4 Å². The molecule has 0 radical (unpaired) electrons. The molecule has 2 aliphatic rings. The molecule has 0 unspecified atom stereocenters. The van der Waals surface area contributed by atoms with Crippen LogP contribution in [0, 0.1) is 0 Å². The van der Waals surface area contributed by atoms with Gasteiger partial charge >= 0.3 is 12.0 Å². The molecule has 1 saturated carbocycles. The van der Waals surface area contributed by atoms with Crippen molar-refractivity contribution in [3.63, 3.8) is 0 Å². The Labute approximate surface area is 167 Å². The van der Waals surface area contributed by atoms with Gasteiger partial charge in [-0.05, 0) is 24.3 Å². The molecule has 8 nitrogen and oxygen atoms in total. The van der Waals surface area contributed by atoms with Crippen LogP contribution in [0.4, 0.5) is 4.79 Å². The van der Waals surface area contributed by atoms with E-state index in [-0.39, 0.29) is 11.8 Å². The van der Waals surface area contributed by atoms with Crippen molar-refractivity contribution < 1.29 is 23.9 Å². The van der Waals surface area contributed by atoms with Gasteiger partial charge in [0.1, 0.15) is 12.1 Å². The molecule has 9 heteroatoms. The highest BCUT2D eigenvalue weighted by Gasteiger charge is 2.52. The fraction of sp³-hybridized carbons (Fsp3) is 0.474. The maximum absolute atomic E-state index is 12.5. The number of hydrogen-bond donors (Lipinski definition) is 1. The molecule has 2 heterocycles. The van der Waals surface area contributed by atoms with Crippen LogP contribution in [0.2, 0.25) is 0 Å². The molecular formula is C19H23N3O5S. The predicted molar refractivity (Wildman–Crippen MR) is 102 cm³/mol. The van der Waals surface area contributed by atoms with Crippen molar-refractivity contribution in [1.82, 2.24) is 15.1 Å². The largest absolute Gasteiger partial charge is 0.454 e. The molecule has 28 heavy (non-hydrogen) atoms. The van der Waals surface area contributed by atoms with Crippen molar-refractivity contribution in [2.24, 2.45) is 0 Å². The lowest BCUT2D eigenvalue weighted by Crippen LogP contribution is -2.44. The van der Waals surface area contributed by atoms with E-state index in [1.807, 2.05) is 17.5 Å². The van der Waals surface area contributed by atoms with Crippen molar-refractivity contribution in [2.45, 2.75) is 37.8 Å². The molecule has 0 atom stereocenters. The summed E-state index contributed by atoms with van der Waals surface area (Å²) in [6.07, 6.45) is 4.49. The van der Waals surface area contributed by atoms with Crippen LogP contribution in [-0.4, -0.2) is 58.8 Å². The molecule has 1 aliphatic heterocycles. The quantitative estimate of drug-likeness (QED) is 0.403. The van der Waals surface area contributed by atoms with Crippen molar-refractivity contribution in [1.29, 1.82) is 0 Å². The first-order chi connectivity index (χ1) is 13.4. The molecule has 3 rings (SSSR count). The Morgan fingerprint density at radius 1 is 1.36 bits per heavy atom. The van der Waals surface area contributed by atoms with Gasteiger partial charge in [0.25, 0.3) is 11.8 Å². The SMILES string of the molecule is C=CCN(Cc1cccs1)C(=O)COC(=O)CN1C(=O)NC2(CCCC2)C1=O. The molecule has 1 aromatic heterocycles. The van der Waals surface area contributed by atoms with E-state index in [2.05, 4.69) is 11.9 Å². The number of nitrogens with one attached hydrogen (secondary N) is 1. The molecule has 4 amide bonds. The van der Waals surface area contributed by atoms with E-state index < -0.39 is 30.7 Å². The van der Waals surface area contributed by atoms with Gasteiger partial charge in [-0.1, -0.05) is 25.0 Å². The standard InChI is InChI=1S/C19H23N3O5S/c1-2-9-21(11-14-6-5-10-28-14)15(23)13-27-16(24)12-22-17(25)19(20-18(22)26)7-3-4-8-19/h2,5-6,10H,1,3-4,7-9,11-13H2,(H,20,26). The average molecular weight is 405 g/mol. The highest BCUT2D eigenvalue weighted by atomic mass is 32.1. The monoisotopic (exact) mass is 405 g/mol. The number of esters is 1. The topological polar surface area (TPSA) is 96.0 Å². The number of amides is 4. The second-order valence-electron chi connectivity index (χ2n) is 6.91. The van der Waals surface area contributed by atoms with Gasteiger partial charge in [0.15, 0.2) is 6.61 Å². The van der Waals surface area contributed by atoms with Crippen LogP contribution in [-0.2, 0) is 25.7 Å². The van der Waals surface area contributed by atoms with Gasteiger partial charge in [0.05, 0.1) is 6.54 Å². The van der Waals surface area contributed by atoms with Crippen LogP contribution in [0.25, 0.3) is 0 Å². The van der Waals surface area contributed by atoms with Crippen molar-refractivity contribution >= 4 is 35.2 Å². The smallest absolute Gasteiger partial charge is 0.326 e. The minimum atomic E-state index is -0.866. The summed E-state index contributed by atoms with van der Waals surface area (Å²) in [4.78, 5) is 52.5. The van der Waals surface area contributed by atoms with Crippen LogP contribution < -0.4 is 5.32 Å². The van der Waals surface area contributed by atoms with Gasteiger partial charge in [-0.25, -0.2) is 4.79 Å². The van der Waals surface area contributed by atoms with E-state index in [1.54, 1.807) is 6.08 Å². The first kappa shape index (κ1) is 20.1. The van der Waals surface area contributed by atoms with E-state index in [9.17, 15) is 19.2 Å². The Kier molecular flexibility index (Phi) is 6.13. The lowest BCUT2D eigenvalue weighted by Gasteiger charge is -2.21. The van der Waals surface area contributed by atoms with E-state index in [1.165, 1.54) is 16.2 Å². The number of nitrogens with zero attached hydrogens (tertiary/aromatic N) is 2. The van der Waals surface area contributed by atoms with Crippen LogP contribution in [0.15, 0.2) is 30.2 Å². The number of hydrogen-bond acceptors (Lipinski definition) is 6. The normalized spacial score (nSPS) is 17.6. The van der Waals surface area contributed by atoms with Crippen LogP contribution >= 0.6 is 11.3 Å². The Morgan fingerprint density at radius 3 is 2.75 bits per heavy atom. The summed E-state index contributed by atoms with van der Waals surface area (Å²) in [5, 5.41) is 4.62. The minimum Gasteiger partial charge on any atom is -0.454 e. The summed E-state index contributed by atoms with van der Waals surface area (Å²) in [5.74, 6) is -1.54. The molecule has 1 N–H and O–H groups in total.